The number of carbonyl (C=O) groups is 2. The lowest BCUT2D eigenvalue weighted by atomic mass is 9.98. The molecule has 2 heterocycles. The van der Waals surface area contributed by atoms with Gasteiger partial charge in [-0.05, 0) is 77.0 Å². The molecule has 0 amide bonds. The summed E-state index contributed by atoms with van der Waals surface area (Å²) in [5.41, 5.74) is 0. The molecule has 2 aliphatic heterocycles. The minimum Gasteiger partial charge on any atom is -0.462 e. The van der Waals surface area contributed by atoms with Gasteiger partial charge in [0, 0.05) is 12.8 Å². The summed E-state index contributed by atoms with van der Waals surface area (Å²) >= 11 is 0. The number of allylic oxidation sites excluding steroid dienone is 10. The second kappa shape index (κ2) is 39.9. The van der Waals surface area contributed by atoms with Crippen molar-refractivity contribution < 1.29 is 73.8 Å². The highest BCUT2D eigenvalue weighted by Crippen LogP contribution is 2.26. The van der Waals surface area contributed by atoms with Crippen LogP contribution in [0.15, 0.2) is 60.8 Å². The molecule has 0 aromatic carbocycles. The predicted octanol–water partition coefficient (Wildman–Crippen LogP) is 7.27. The number of esters is 2. The fourth-order valence-corrected chi connectivity index (χ4v) is 7.67. The fourth-order valence-electron chi connectivity index (χ4n) is 7.67. The van der Waals surface area contributed by atoms with Crippen LogP contribution < -0.4 is 0 Å². The molecule has 15 heteroatoms. The molecule has 11 atom stereocenters. The van der Waals surface area contributed by atoms with E-state index in [0.717, 1.165) is 44.9 Å². The van der Waals surface area contributed by atoms with E-state index in [9.17, 15) is 45.3 Å². The molecule has 0 radical (unpaired) electrons. The Morgan fingerprint density at radius 2 is 0.897 bits per heavy atom. The van der Waals surface area contributed by atoms with Gasteiger partial charge < -0.3 is 64.2 Å². The molecule has 0 aliphatic carbocycles. The minimum atomic E-state index is -1.78. The van der Waals surface area contributed by atoms with Crippen LogP contribution >= 0.6 is 0 Å². The van der Waals surface area contributed by atoms with E-state index >= 15 is 0 Å². The molecule has 0 aromatic rings. The Morgan fingerprint density at radius 3 is 1.43 bits per heavy atom. The highest BCUT2D eigenvalue weighted by atomic mass is 16.7. The van der Waals surface area contributed by atoms with Gasteiger partial charge in [0.1, 0.15) is 55.4 Å². The van der Waals surface area contributed by atoms with Crippen molar-refractivity contribution in [2.75, 3.05) is 26.4 Å². The van der Waals surface area contributed by atoms with Crippen molar-refractivity contribution in [3.63, 3.8) is 0 Å². The molecule has 2 aliphatic rings. The van der Waals surface area contributed by atoms with Gasteiger partial charge in [-0.15, -0.1) is 0 Å². The Bertz CT molecular complexity index is 1420. The van der Waals surface area contributed by atoms with Gasteiger partial charge in [0.25, 0.3) is 0 Å². The van der Waals surface area contributed by atoms with Gasteiger partial charge in [0.15, 0.2) is 18.7 Å². The van der Waals surface area contributed by atoms with E-state index in [1.807, 2.05) is 6.08 Å². The summed E-state index contributed by atoms with van der Waals surface area (Å²) in [4.78, 5) is 25.7. The molecule has 0 spiro atoms. The minimum absolute atomic E-state index is 0.110. The van der Waals surface area contributed by atoms with Crippen LogP contribution in [0.4, 0.5) is 0 Å². The van der Waals surface area contributed by atoms with Crippen molar-refractivity contribution in [1.82, 2.24) is 0 Å². The van der Waals surface area contributed by atoms with Gasteiger partial charge in [-0.2, -0.15) is 0 Å². The lowest BCUT2D eigenvalue weighted by Gasteiger charge is -2.42. The Hall–Kier alpha value is -2.80. The molecule has 0 bridgehead atoms. The molecule has 0 aromatic heterocycles. The Kier molecular flexibility index (Phi) is 36.0. The maximum Gasteiger partial charge on any atom is 0.306 e. The van der Waals surface area contributed by atoms with Crippen molar-refractivity contribution in [3.05, 3.63) is 60.8 Å². The summed E-state index contributed by atoms with van der Waals surface area (Å²) < 4.78 is 33.5. The van der Waals surface area contributed by atoms with Gasteiger partial charge in [-0.1, -0.05) is 139 Å². The van der Waals surface area contributed by atoms with Crippen LogP contribution in [0.1, 0.15) is 168 Å². The molecule has 4 unspecified atom stereocenters. The lowest BCUT2D eigenvalue weighted by Crippen LogP contribution is -2.61. The van der Waals surface area contributed by atoms with E-state index in [0.29, 0.717) is 19.3 Å². The van der Waals surface area contributed by atoms with Crippen LogP contribution in [0, 0.1) is 0 Å². The predicted molar refractivity (Wildman–Crippen MR) is 261 cm³/mol. The number of hydrogen-bond acceptors (Lipinski definition) is 15. The molecule has 2 saturated heterocycles. The molecule has 68 heavy (non-hydrogen) atoms. The third kappa shape index (κ3) is 27.6. The second-order valence-electron chi connectivity index (χ2n) is 18.0. The molecule has 392 valence electrons. The Balaban J connectivity index is 1.85. The lowest BCUT2D eigenvalue weighted by molar-refractivity contribution is -0.332. The first-order valence-corrected chi connectivity index (χ1v) is 25.9. The van der Waals surface area contributed by atoms with Crippen LogP contribution in [-0.2, 0) is 38.0 Å². The van der Waals surface area contributed by atoms with Gasteiger partial charge in [-0.3, -0.25) is 9.59 Å². The topological polar surface area (TPSA) is 231 Å². The van der Waals surface area contributed by atoms with Crippen molar-refractivity contribution >= 4 is 11.9 Å². The molecule has 7 N–H and O–H groups in total. The average molecular weight is 967 g/mol. The standard InChI is InChI=1S/C53H90O15/c1-3-5-7-9-11-13-15-17-19-20-22-23-25-27-29-31-33-35-44(55)63-38-41(66-45(56)36-34-32-30-28-26-24-21-18-16-14-12-10-8-6-4-2)39-64-52-51(62)49(60)47(58)43(68-52)40-65-53-50(61)48(59)46(57)42(37-54)67-53/h17-19,21-23,26-29,41-43,46-54,57-62H,3-16,20,24-25,30-40H2,1-2H3/b19-17+,21-18+,23-22+,28-26+,29-27+/t41-,42+,43+,46-,47-,48?,49?,50?,51?,52+,53+/m0/s1. The van der Waals surface area contributed by atoms with E-state index < -0.39 is 99.3 Å². The Morgan fingerprint density at radius 1 is 0.471 bits per heavy atom. The number of aliphatic hydroxyl groups is 7. The summed E-state index contributed by atoms with van der Waals surface area (Å²) in [5, 5.41) is 72.0. The zero-order valence-corrected chi connectivity index (χ0v) is 41.3. The summed E-state index contributed by atoms with van der Waals surface area (Å²) in [6.07, 6.45) is 28.3. The molecular weight excluding hydrogens is 877 g/mol. The fraction of sp³-hybridized carbons (Fsp3) is 0.774. The normalized spacial score (nSPS) is 26.2. The monoisotopic (exact) mass is 967 g/mol. The number of rotatable bonds is 39. The quantitative estimate of drug-likeness (QED) is 0.0183. The number of unbranched alkanes of at least 4 members (excludes halogenated alkanes) is 15. The average Bonchev–Trinajstić information content (AvgIpc) is 3.33. The number of carbonyl (C=O) groups excluding carboxylic acids is 2. The summed E-state index contributed by atoms with van der Waals surface area (Å²) in [7, 11) is 0. The summed E-state index contributed by atoms with van der Waals surface area (Å²) in [6.45, 7) is 2.48. The molecule has 2 rings (SSSR count). The van der Waals surface area contributed by atoms with E-state index in [-0.39, 0.29) is 19.4 Å². The highest BCUT2D eigenvalue weighted by molar-refractivity contribution is 5.70. The zero-order chi connectivity index (χ0) is 49.6. The zero-order valence-electron chi connectivity index (χ0n) is 41.3. The van der Waals surface area contributed by atoms with E-state index in [4.69, 9.17) is 28.4 Å². The van der Waals surface area contributed by atoms with Gasteiger partial charge in [0.2, 0.25) is 0 Å². The van der Waals surface area contributed by atoms with E-state index in [1.54, 1.807) is 0 Å². The molecule has 0 saturated carbocycles. The van der Waals surface area contributed by atoms with Crippen molar-refractivity contribution in [2.45, 2.75) is 235 Å². The summed E-state index contributed by atoms with van der Waals surface area (Å²) in [6, 6.07) is 0. The van der Waals surface area contributed by atoms with Crippen LogP contribution in [-0.4, -0.2) is 142 Å². The maximum absolute atomic E-state index is 13.0. The third-order valence-corrected chi connectivity index (χ3v) is 12.0. The highest BCUT2D eigenvalue weighted by Gasteiger charge is 2.47. The maximum atomic E-state index is 13.0. The molecular formula is C53H90O15. The van der Waals surface area contributed by atoms with Crippen LogP contribution in [0.2, 0.25) is 0 Å². The van der Waals surface area contributed by atoms with E-state index in [2.05, 4.69) is 68.5 Å². The van der Waals surface area contributed by atoms with Crippen LogP contribution in [0.5, 0.6) is 0 Å². The van der Waals surface area contributed by atoms with Crippen molar-refractivity contribution in [2.24, 2.45) is 0 Å². The van der Waals surface area contributed by atoms with E-state index in [1.165, 1.54) is 77.0 Å². The third-order valence-electron chi connectivity index (χ3n) is 12.0. The van der Waals surface area contributed by atoms with Crippen LogP contribution in [0.3, 0.4) is 0 Å². The smallest absolute Gasteiger partial charge is 0.306 e. The number of aliphatic hydroxyl groups excluding tert-OH is 7. The SMILES string of the molecule is CCCCCCCC/C=C/C/C=C/C/C=C/CCCC(=O)OC[C@@H](CO[C@@H]1O[C@H](CO[C@@H]2O[C@H](CO)[C@H](O)C(O)C2O)[C@H](O)C(O)C1O)OC(=O)CCCC/C=C/C/C=C/CCCCCCCC. The first-order chi connectivity index (χ1) is 33.0. The van der Waals surface area contributed by atoms with Gasteiger partial charge in [0.05, 0.1) is 19.8 Å². The largest absolute Gasteiger partial charge is 0.462 e. The summed E-state index contributed by atoms with van der Waals surface area (Å²) in [5.74, 6) is -1.03. The molecule has 15 nitrogen and oxygen atoms in total. The van der Waals surface area contributed by atoms with Crippen molar-refractivity contribution in [3.8, 4) is 0 Å². The first kappa shape index (κ1) is 61.3. The number of hydrogen-bond donors (Lipinski definition) is 7. The van der Waals surface area contributed by atoms with Crippen molar-refractivity contribution in [1.29, 1.82) is 0 Å². The van der Waals surface area contributed by atoms with Crippen LogP contribution in [0.25, 0.3) is 0 Å². The second-order valence-corrected chi connectivity index (χ2v) is 18.0. The van der Waals surface area contributed by atoms with Gasteiger partial charge in [-0.25, -0.2) is 0 Å². The van der Waals surface area contributed by atoms with Gasteiger partial charge >= 0.3 is 11.9 Å². The number of ether oxygens (including phenoxy) is 6. The molecule has 2 fully saturated rings. The first-order valence-electron chi connectivity index (χ1n) is 25.9. The Labute approximate surface area is 407 Å².